The number of halogens is 2. The molecule has 6 heteroatoms. The van der Waals surface area contributed by atoms with E-state index in [0.717, 1.165) is 15.6 Å². The fraction of sp³-hybridized carbons (Fsp3) is 0.0833. The highest BCUT2D eigenvalue weighted by molar-refractivity contribution is 9.10. The van der Waals surface area contributed by atoms with Crippen molar-refractivity contribution in [1.82, 2.24) is 0 Å². The molecule has 0 aliphatic carbocycles. The van der Waals surface area contributed by atoms with Gasteiger partial charge in [0, 0.05) is 26.3 Å². The Kier molecular flexibility index (Phi) is 7.29. The summed E-state index contributed by atoms with van der Waals surface area (Å²) in [7, 11) is 0. The third kappa shape index (κ3) is 5.73. The summed E-state index contributed by atoms with van der Waals surface area (Å²) in [5, 5.41) is 12.8. The second kappa shape index (κ2) is 10.1. The summed E-state index contributed by atoms with van der Waals surface area (Å²) in [4.78, 5) is 12.6. The number of ether oxygens (including phenoxy) is 1. The Hall–Kier alpha value is -3.07. The number of nitrogens with one attached hydrogen (secondary N) is 1. The molecule has 0 aliphatic rings. The second-order valence-electron chi connectivity index (χ2n) is 6.56. The van der Waals surface area contributed by atoms with Gasteiger partial charge in [-0.3, -0.25) is 4.79 Å². The monoisotopic (exact) mass is 480 g/mol. The van der Waals surface area contributed by atoms with Crippen LogP contribution in [0.3, 0.4) is 0 Å². The average molecular weight is 482 g/mol. The van der Waals surface area contributed by atoms with E-state index in [2.05, 4.69) is 21.2 Å². The maximum atomic E-state index is 12.6. The Balaban J connectivity index is 1.84. The number of hydrogen-bond acceptors (Lipinski definition) is 3. The van der Waals surface area contributed by atoms with Crippen LogP contribution >= 0.6 is 27.5 Å². The van der Waals surface area contributed by atoms with Crippen LogP contribution in [0.1, 0.15) is 16.7 Å². The molecule has 0 atom stereocenters. The smallest absolute Gasteiger partial charge is 0.266 e. The largest absolute Gasteiger partial charge is 0.488 e. The van der Waals surface area contributed by atoms with E-state index in [0.29, 0.717) is 28.6 Å². The average Bonchev–Trinajstić information content (AvgIpc) is 2.72. The normalized spacial score (nSPS) is 10.9. The van der Waals surface area contributed by atoms with Crippen molar-refractivity contribution in [3.63, 3.8) is 0 Å². The maximum absolute atomic E-state index is 12.6. The summed E-state index contributed by atoms with van der Waals surface area (Å²) >= 11 is 9.63. The van der Waals surface area contributed by atoms with Crippen molar-refractivity contribution >= 4 is 45.2 Å². The molecular formula is C24H18BrClN2O2. The van der Waals surface area contributed by atoms with Gasteiger partial charge in [0.2, 0.25) is 0 Å². The molecule has 0 saturated heterocycles. The van der Waals surface area contributed by atoms with Gasteiger partial charge >= 0.3 is 0 Å². The molecule has 0 aromatic heterocycles. The number of rotatable bonds is 6. The number of hydrogen-bond donors (Lipinski definition) is 1. The summed E-state index contributed by atoms with van der Waals surface area (Å²) in [5.41, 5.74) is 3.10. The Labute approximate surface area is 188 Å². The lowest BCUT2D eigenvalue weighted by atomic mass is 10.1. The molecule has 3 aromatic carbocycles. The van der Waals surface area contributed by atoms with E-state index in [1.165, 1.54) is 6.08 Å². The van der Waals surface area contributed by atoms with Gasteiger partial charge in [0.15, 0.2) is 0 Å². The first-order chi connectivity index (χ1) is 14.5. The number of benzene rings is 3. The van der Waals surface area contributed by atoms with Crippen LogP contribution < -0.4 is 10.1 Å². The van der Waals surface area contributed by atoms with E-state index in [1.807, 2.05) is 55.5 Å². The van der Waals surface area contributed by atoms with Crippen LogP contribution in [0, 0.1) is 18.3 Å². The van der Waals surface area contributed by atoms with Crippen molar-refractivity contribution < 1.29 is 9.53 Å². The molecule has 4 nitrogen and oxygen atoms in total. The lowest BCUT2D eigenvalue weighted by molar-refractivity contribution is -0.112. The molecule has 0 bridgehead atoms. The molecule has 0 unspecified atom stereocenters. The predicted octanol–water partition coefficient (Wildman–Crippen LogP) is 6.54. The molecule has 1 amide bonds. The minimum atomic E-state index is -0.500. The Morgan fingerprint density at radius 1 is 1.17 bits per heavy atom. The topological polar surface area (TPSA) is 62.1 Å². The number of nitriles is 1. The quantitative estimate of drug-likeness (QED) is 0.321. The summed E-state index contributed by atoms with van der Waals surface area (Å²) in [6, 6.07) is 22.1. The van der Waals surface area contributed by atoms with Crippen molar-refractivity contribution in [3.8, 4) is 11.8 Å². The summed E-state index contributed by atoms with van der Waals surface area (Å²) in [5.74, 6) is 0.0195. The van der Waals surface area contributed by atoms with Gasteiger partial charge in [-0.25, -0.2) is 0 Å². The molecule has 150 valence electrons. The summed E-state index contributed by atoms with van der Waals surface area (Å²) < 4.78 is 6.88. The SMILES string of the molecule is Cc1cccc(NC(=O)/C(C#N)=C/c2cc(Cl)ccc2OCc2ccccc2Br)c1. The Morgan fingerprint density at radius 3 is 2.70 bits per heavy atom. The van der Waals surface area contributed by atoms with E-state index in [4.69, 9.17) is 16.3 Å². The second-order valence-corrected chi connectivity index (χ2v) is 7.85. The van der Waals surface area contributed by atoms with Crippen LogP contribution in [-0.2, 0) is 11.4 Å². The van der Waals surface area contributed by atoms with Crippen molar-refractivity contribution in [1.29, 1.82) is 5.26 Å². The lowest BCUT2D eigenvalue weighted by Gasteiger charge is -2.11. The van der Waals surface area contributed by atoms with Gasteiger partial charge in [-0.2, -0.15) is 5.26 Å². The van der Waals surface area contributed by atoms with Crippen molar-refractivity contribution in [2.24, 2.45) is 0 Å². The molecule has 3 aromatic rings. The number of carbonyl (C=O) groups excluding carboxylic acids is 1. The standard InChI is InChI=1S/C24H18BrClN2O2/c1-16-5-4-7-21(11-16)28-24(29)19(14-27)12-18-13-20(26)9-10-23(18)30-15-17-6-2-3-8-22(17)25/h2-13H,15H2,1H3,(H,28,29)/b19-12+. The van der Waals surface area contributed by atoms with E-state index < -0.39 is 5.91 Å². The molecule has 30 heavy (non-hydrogen) atoms. The summed E-state index contributed by atoms with van der Waals surface area (Å²) in [6.45, 7) is 2.25. The molecule has 0 radical (unpaired) electrons. The lowest BCUT2D eigenvalue weighted by Crippen LogP contribution is -2.13. The van der Waals surface area contributed by atoms with Crippen LogP contribution in [-0.4, -0.2) is 5.91 Å². The zero-order valence-corrected chi connectivity index (χ0v) is 18.5. The van der Waals surface area contributed by atoms with Gasteiger partial charge in [0.25, 0.3) is 5.91 Å². The highest BCUT2D eigenvalue weighted by atomic mass is 79.9. The molecule has 0 fully saturated rings. The first kappa shape index (κ1) is 21.6. The molecule has 0 spiro atoms. The van der Waals surface area contributed by atoms with Gasteiger partial charge in [0.1, 0.15) is 24.0 Å². The van der Waals surface area contributed by atoms with Crippen molar-refractivity contribution in [2.45, 2.75) is 13.5 Å². The number of aryl methyl sites for hydroxylation is 1. The van der Waals surface area contributed by atoms with E-state index >= 15 is 0 Å². The van der Waals surface area contributed by atoms with Crippen LogP contribution in [0.5, 0.6) is 5.75 Å². The maximum Gasteiger partial charge on any atom is 0.266 e. The van der Waals surface area contributed by atoms with Gasteiger partial charge in [-0.05, 0) is 55.0 Å². The minimum absolute atomic E-state index is 0.0514. The summed E-state index contributed by atoms with van der Waals surface area (Å²) in [6.07, 6.45) is 1.48. The van der Waals surface area contributed by atoms with Crippen LogP contribution in [0.4, 0.5) is 5.69 Å². The zero-order valence-electron chi connectivity index (χ0n) is 16.2. The number of amides is 1. The molecule has 3 rings (SSSR count). The Bertz CT molecular complexity index is 1150. The van der Waals surface area contributed by atoms with Gasteiger partial charge in [-0.1, -0.05) is 57.9 Å². The number of carbonyl (C=O) groups is 1. The minimum Gasteiger partial charge on any atom is -0.488 e. The molecular weight excluding hydrogens is 464 g/mol. The van der Waals surface area contributed by atoms with E-state index in [-0.39, 0.29) is 5.57 Å². The first-order valence-corrected chi connectivity index (χ1v) is 10.3. The number of nitrogens with zero attached hydrogens (tertiary/aromatic N) is 1. The fourth-order valence-electron chi connectivity index (χ4n) is 2.76. The van der Waals surface area contributed by atoms with Gasteiger partial charge in [-0.15, -0.1) is 0 Å². The number of anilines is 1. The van der Waals surface area contributed by atoms with Crippen molar-refractivity contribution in [3.05, 3.63) is 98.5 Å². The van der Waals surface area contributed by atoms with Crippen molar-refractivity contribution in [2.75, 3.05) is 5.32 Å². The van der Waals surface area contributed by atoms with Crippen LogP contribution in [0.2, 0.25) is 5.02 Å². The highest BCUT2D eigenvalue weighted by Gasteiger charge is 2.12. The Morgan fingerprint density at radius 2 is 1.97 bits per heavy atom. The highest BCUT2D eigenvalue weighted by Crippen LogP contribution is 2.27. The predicted molar refractivity (Wildman–Crippen MR) is 123 cm³/mol. The van der Waals surface area contributed by atoms with Crippen LogP contribution in [0.15, 0.2) is 76.8 Å². The zero-order chi connectivity index (χ0) is 21.5. The molecule has 1 N–H and O–H groups in total. The van der Waals surface area contributed by atoms with Gasteiger partial charge in [0.05, 0.1) is 0 Å². The molecule has 0 saturated carbocycles. The van der Waals surface area contributed by atoms with Crippen LogP contribution in [0.25, 0.3) is 6.08 Å². The first-order valence-electron chi connectivity index (χ1n) is 9.12. The van der Waals surface area contributed by atoms with Gasteiger partial charge < -0.3 is 10.1 Å². The third-order valence-corrected chi connectivity index (χ3v) is 5.26. The fourth-order valence-corrected chi connectivity index (χ4v) is 3.34. The van der Waals surface area contributed by atoms with E-state index in [1.54, 1.807) is 24.3 Å². The molecule has 0 heterocycles. The third-order valence-electron chi connectivity index (χ3n) is 4.25. The van der Waals surface area contributed by atoms with E-state index in [9.17, 15) is 10.1 Å². The molecule has 0 aliphatic heterocycles.